The zero-order valence-corrected chi connectivity index (χ0v) is 17.3. The number of nitrogens with one attached hydrogen (secondary N) is 1. The van der Waals surface area contributed by atoms with Crippen molar-refractivity contribution in [2.45, 2.75) is 32.7 Å². The maximum atomic E-state index is 13.1. The third kappa shape index (κ3) is 3.88. The number of piperidine rings is 1. The Hall–Kier alpha value is -3.68. The largest absolute Gasteiger partial charge is 0.463 e. The lowest BCUT2D eigenvalue weighted by atomic mass is 10.1. The van der Waals surface area contributed by atoms with E-state index in [0.717, 1.165) is 24.5 Å². The van der Waals surface area contributed by atoms with Crippen molar-refractivity contribution in [2.24, 2.45) is 0 Å². The second kappa shape index (κ2) is 8.22. The predicted molar refractivity (Wildman–Crippen MR) is 116 cm³/mol. The first kappa shape index (κ1) is 19.3. The lowest BCUT2D eigenvalue weighted by molar-refractivity contribution is 0.0952. The number of carbonyl (C=O) groups excluding carboxylic acids is 1. The number of aromatic nitrogens is 3. The highest BCUT2D eigenvalue weighted by Crippen LogP contribution is 2.27. The molecule has 1 aliphatic heterocycles. The van der Waals surface area contributed by atoms with Gasteiger partial charge in [-0.15, -0.1) is 0 Å². The van der Waals surface area contributed by atoms with Gasteiger partial charge in [0.15, 0.2) is 5.76 Å². The Morgan fingerprint density at radius 2 is 2.06 bits per heavy atom. The lowest BCUT2D eigenvalue weighted by Crippen LogP contribution is -2.30. The van der Waals surface area contributed by atoms with Crippen molar-refractivity contribution in [1.82, 2.24) is 20.4 Å². The Kier molecular flexibility index (Phi) is 5.11. The van der Waals surface area contributed by atoms with Gasteiger partial charge in [-0.25, -0.2) is 9.97 Å². The minimum absolute atomic E-state index is 0.230. The van der Waals surface area contributed by atoms with Gasteiger partial charge in [-0.3, -0.25) is 4.79 Å². The molecule has 0 atom stereocenters. The van der Waals surface area contributed by atoms with Crippen LogP contribution in [0.25, 0.3) is 22.6 Å². The highest BCUT2D eigenvalue weighted by atomic mass is 16.5. The van der Waals surface area contributed by atoms with E-state index in [9.17, 15) is 4.79 Å². The van der Waals surface area contributed by atoms with Crippen LogP contribution in [-0.2, 0) is 6.54 Å². The highest BCUT2D eigenvalue weighted by Gasteiger charge is 2.20. The molecule has 4 aromatic rings. The molecule has 158 valence electrons. The number of amides is 1. The van der Waals surface area contributed by atoms with Gasteiger partial charge in [0.05, 0.1) is 22.9 Å². The number of hydrogen-bond acceptors (Lipinski definition) is 7. The van der Waals surface area contributed by atoms with Crippen LogP contribution in [-0.4, -0.2) is 34.1 Å². The minimum Gasteiger partial charge on any atom is -0.463 e. The summed E-state index contributed by atoms with van der Waals surface area (Å²) in [7, 11) is 0. The van der Waals surface area contributed by atoms with E-state index in [0.29, 0.717) is 40.4 Å². The zero-order chi connectivity index (χ0) is 21.2. The molecule has 1 amide bonds. The number of anilines is 1. The molecule has 1 saturated heterocycles. The van der Waals surface area contributed by atoms with E-state index in [4.69, 9.17) is 8.94 Å². The molecule has 8 heteroatoms. The van der Waals surface area contributed by atoms with Gasteiger partial charge in [0, 0.05) is 25.8 Å². The van der Waals surface area contributed by atoms with Crippen molar-refractivity contribution in [3.63, 3.8) is 0 Å². The fourth-order valence-corrected chi connectivity index (χ4v) is 3.93. The van der Waals surface area contributed by atoms with Gasteiger partial charge in [-0.1, -0.05) is 11.2 Å². The first-order chi connectivity index (χ1) is 15.2. The summed E-state index contributed by atoms with van der Waals surface area (Å²) in [5, 5.41) is 7.55. The molecule has 0 saturated carbocycles. The molecule has 1 fully saturated rings. The van der Waals surface area contributed by atoms with E-state index in [1.807, 2.05) is 18.3 Å². The van der Waals surface area contributed by atoms with Crippen LogP contribution in [0, 0.1) is 6.92 Å². The van der Waals surface area contributed by atoms with E-state index in [1.54, 1.807) is 31.4 Å². The number of carbonyl (C=O) groups is 1. The standard InChI is InChI=1S/C23H23N5O3/c1-15-21-17(12-18(19-6-5-11-30-19)26-23(21)31-27-15)22(29)25-14-16-7-8-20(24-13-16)28-9-3-2-4-10-28/h5-8,11-13H,2-4,9-10,14H2,1H3,(H,25,29). The third-order valence-electron chi connectivity index (χ3n) is 5.58. The molecule has 4 aromatic heterocycles. The average Bonchev–Trinajstić information content (AvgIpc) is 3.48. The molecule has 0 radical (unpaired) electrons. The Morgan fingerprint density at radius 3 is 2.81 bits per heavy atom. The first-order valence-corrected chi connectivity index (χ1v) is 10.5. The predicted octanol–water partition coefficient (Wildman–Crippen LogP) is 4.11. The van der Waals surface area contributed by atoms with E-state index in [1.165, 1.54) is 19.3 Å². The summed E-state index contributed by atoms with van der Waals surface area (Å²) >= 11 is 0. The summed E-state index contributed by atoms with van der Waals surface area (Å²) in [4.78, 5) is 24.4. The molecule has 0 unspecified atom stereocenters. The molecule has 0 aliphatic carbocycles. The molecule has 1 aliphatic rings. The monoisotopic (exact) mass is 417 g/mol. The van der Waals surface area contributed by atoms with E-state index in [-0.39, 0.29) is 5.91 Å². The summed E-state index contributed by atoms with van der Waals surface area (Å²) in [6, 6.07) is 9.30. The minimum atomic E-state index is -0.230. The van der Waals surface area contributed by atoms with Crippen LogP contribution in [0.4, 0.5) is 5.82 Å². The van der Waals surface area contributed by atoms with Crippen LogP contribution >= 0.6 is 0 Å². The smallest absolute Gasteiger partial charge is 0.259 e. The van der Waals surface area contributed by atoms with Gasteiger partial charge >= 0.3 is 0 Å². The highest BCUT2D eigenvalue weighted by molar-refractivity contribution is 6.06. The van der Waals surface area contributed by atoms with Crippen molar-refractivity contribution in [2.75, 3.05) is 18.0 Å². The maximum Gasteiger partial charge on any atom is 0.259 e. The zero-order valence-electron chi connectivity index (χ0n) is 17.3. The molecular weight excluding hydrogens is 394 g/mol. The van der Waals surface area contributed by atoms with Crippen LogP contribution in [0.15, 0.2) is 51.7 Å². The van der Waals surface area contributed by atoms with E-state index in [2.05, 4.69) is 25.3 Å². The molecule has 0 spiro atoms. The fraction of sp³-hybridized carbons (Fsp3) is 0.304. The molecule has 5 heterocycles. The number of hydrogen-bond donors (Lipinski definition) is 1. The molecule has 31 heavy (non-hydrogen) atoms. The van der Waals surface area contributed by atoms with Crippen molar-refractivity contribution in [1.29, 1.82) is 0 Å². The number of nitrogens with zero attached hydrogens (tertiary/aromatic N) is 4. The molecule has 8 nitrogen and oxygen atoms in total. The number of rotatable bonds is 5. The van der Waals surface area contributed by atoms with E-state index < -0.39 is 0 Å². The number of aryl methyl sites for hydroxylation is 1. The second-order valence-electron chi connectivity index (χ2n) is 7.74. The van der Waals surface area contributed by atoms with Crippen LogP contribution in [0.1, 0.15) is 40.9 Å². The summed E-state index contributed by atoms with van der Waals surface area (Å²) in [5.41, 5.74) is 2.84. The average molecular weight is 417 g/mol. The molecule has 0 aromatic carbocycles. The lowest BCUT2D eigenvalue weighted by Gasteiger charge is -2.27. The topological polar surface area (TPSA) is 97.3 Å². The molecule has 1 N–H and O–H groups in total. The van der Waals surface area contributed by atoms with Gasteiger partial charge in [0.25, 0.3) is 11.6 Å². The van der Waals surface area contributed by atoms with Crippen molar-refractivity contribution in [3.05, 3.63) is 59.6 Å². The molecule has 5 rings (SSSR count). The number of furan rings is 1. The van der Waals surface area contributed by atoms with Crippen LogP contribution in [0.2, 0.25) is 0 Å². The summed E-state index contributed by atoms with van der Waals surface area (Å²) in [5.74, 6) is 1.32. The van der Waals surface area contributed by atoms with Gasteiger partial charge in [-0.05, 0) is 56.0 Å². The van der Waals surface area contributed by atoms with Crippen LogP contribution in [0.3, 0.4) is 0 Å². The van der Waals surface area contributed by atoms with Gasteiger partial charge < -0.3 is 19.2 Å². The fourth-order valence-electron chi connectivity index (χ4n) is 3.93. The van der Waals surface area contributed by atoms with Gasteiger partial charge in [0.2, 0.25) is 0 Å². The summed E-state index contributed by atoms with van der Waals surface area (Å²) < 4.78 is 10.7. The Balaban J connectivity index is 1.35. The Bertz CT molecular complexity index is 1190. The van der Waals surface area contributed by atoms with Crippen LogP contribution < -0.4 is 10.2 Å². The summed E-state index contributed by atoms with van der Waals surface area (Å²) in [6.07, 6.45) is 7.10. The quantitative estimate of drug-likeness (QED) is 0.522. The van der Waals surface area contributed by atoms with Gasteiger partial charge in [0.1, 0.15) is 11.5 Å². The van der Waals surface area contributed by atoms with Crippen LogP contribution in [0.5, 0.6) is 0 Å². The third-order valence-corrected chi connectivity index (χ3v) is 5.58. The summed E-state index contributed by atoms with van der Waals surface area (Å²) in [6.45, 7) is 4.27. The van der Waals surface area contributed by atoms with E-state index >= 15 is 0 Å². The maximum absolute atomic E-state index is 13.1. The Morgan fingerprint density at radius 1 is 1.19 bits per heavy atom. The van der Waals surface area contributed by atoms with Crippen molar-refractivity contribution < 1.29 is 13.7 Å². The first-order valence-electron chi connectivity index (χ1n) is 10.5. The normalized spacial score (nSPS) is 14.2. The molecular formula is C23H23N5O3. The number of fused-ring (bicyclic) bond motifs is 1. The van der Waals surface area contributed by atoms with Crippen molar-refractivity contribution in [3.8, 4) is 11.5 Å². The number of pyridine rings is 2. The van der Waals surface area contributed by atoms with Crippen molar-refractivity contribution >= 4 is 22.8 Å². The van der Waals surface area contributed by atoms with Gasteiger partial charge in [-0.2, -0.15) is 0 Å². The molecule has 0 bridgehead atoms. The second-order valence-corrected chi connectivity index (χ2v) is 7.74. The SMILES string of the molecule is Cc1noc2nc(-c3ccco3)cc(C(=O)NCc3ccc(N4CCCCC4)nc3)c12. The Labute approximate surface area is 179 Å².